The summed E-state index contributed by atoms with van der Waals surface area (Å²) in [6.45, 7) is 6.29. The van der Waals surface area contributed by atoms with Crippen molar-refractivity contribution in [1.29, 1.82) is 0 Å². The molecule has 22 heavy (non-hydrogen) atoms. The van der Waals surface area contributed by atoms with Crippen LogP contribution < -0.4 is 15.4 Å². The molecule has 0 fully saturated rings. The van der Waals surface area contributed by atoms with Crippen molar-refractivity contribution >= 4 is 17.4 Å². The average molecular weight is 319 g/mol. The normalized spacial score (nSPS) is 13.2. The van der Waals surface area contributed by atoms with Gasteiger partial charge in [0.15, 0.2) is 0 Å². The molecule has 118 valence electrons. The Bertz CT molecular complexity index is 584. The van der Waals surface area contributed by atoms with Gasteiger partial charge >= 0.3 is 6.03 Å². The second-order valence-corrected chi connectivity index (χ2v) is 6.11. The van der Waals surface area contributed by atoms with Crippen molar-refractivity contribution in [2.24, 2.45) is 0 Å². The molecule has 2 amide bonds. The zero-order valence-electron chi connectivity index (χ0n) is 13.0. The first kappa shape index (κ1) is 16.3. The molecule has 0 saturated heterocycles. The molecule has 0 aliphatic heterocycles. The largest absolute Gasteiger partial charge is 0.489 e. The topological polar surface area (TPSA) is 63.2 Å². The molecule has 0 radical (unpaired) electrons. The van der Waals surface area contributed by atoms with E-state index in [0.717, 1.165) is 10.8 Å². The predicted octanol–water partition coefficient (Wildman–Crippen LogP) is 3.28. The van der Waals surface area contributed by atoms with Gasteiger partial charge in [-0.05, 0) is 32.9 Å². The maximum Gasteiger partial charge on any atom is 0.315 e. The number of hydrogen-bond donors (Lipinski definition) is 2. The molecule has 0 saturated carbocycles. The molecule has 0 spiro atoms. The van der Waals surface area contributed by atoms with Crippen LogP contribution >= 0.6 is 11.3 Å². The Morgan fingerprint density at radius 1 is 1.32 bits per heavy atom. The highest BCUT2D eigenvalue weighted by molar-refractivity contribution is 7.09. The molecular formula is C16H21N3O2S. The van der Waals surface area contributed by atoms with Crippen LogP contribution in [-0.2, 0) is 0 Å². The monoisotopic (exact) mass is 319 g/mol. The first-order valence-corrected chi connectivity index (χ1v) is 8.09. The summed E-state index contributed by atoms with van der Waals surface area (Å²) >= 11 is 1.52. The Morgan fingerprint density at radius 3 is 2.68 bits per heavy atom. The molecule has 2 atom stereocenters. The number of benzene rings is 1. The van der Waals surface area contributed by atoms with Gasteiger partial charge in [0.05, 0.1) is 12.6 Å². The van der Waals surface area contributed by atoms with E-state index in [0.29, 0.717) is 6.54 Å². The standard InChI is InChI=1S/C16H21N3O2S/c1-11-4-6-14(7-5-11)21-12(2)10-18-16(20)19-13(3)15-17-8-9-22-15/h4-9,12-13H,10H2,1-3H3,(H2,18,19,20)/t12-,13-/m1/s1. The van der Waals surface area contributed by atoms with Crippen LogP contribution in [0.3, 0.4) is 0 Å². The third-order valence-electron chi connectivity index (χ3n) is 3.08. The van der Waals surface area contributed by atoms with Gasteiger partial charge in [0.2, 0.25) is 0 Å². The van der Waals surface area contributed by atoms with Crippen molar-refractivity contribution in [3.8, 4) is 5.75 Å². The van der Waals surface area contributed by atoms with Crippen molar-refractivity contribution < 1.29 is 9.53 Å². The third-order valence-corrected chi connectivity index (χ3v) is 4.04. The van der Waals surface area contributed by atoms with Gasteiger partial charge in [-0.1, -0.05) is 17.7 Å². The first-order chi connectivity index (χ1) is 10.5. The van der Waals surface area contributed by atoms with Crippen LogP contribution in [0.4, 0.5) is 4.79 Å². The van der Waals surface area contributed by atoms with Crippen LogP contribution in [0.15, 0.2) is 35.8 Å². The number of thiazole rings is 1. The maximum atomic E-state index is 11.8. The minimum absolute atomic E-state index is 0.103. The quantitative estimate of drug-likeness (QED) is 0.859. The molecule has 1 heterocycles. The lowest BCUT2D eigenvalue weighted by Crippen LogP contribution is -2.41. The molecule has 2 N–H and O–H groups in total. The van der Waals surface area contributed by atoms with E-state index in [1.165, 1.54) is 16.9 Å². The molecule has 6 heteroatoms. The summed E-state index contributed by atoms with van der Waals surface area (Å²) in [5.41, 5.74) is 1.19. The number of nitrogens with one attached hydrogen (secondary N) is 2. The third kappa shape index (κ3) is 5.04. The number of amides is 2. The van der Waals surface area contributed by atoms with Gasteiger partial charge in [0.1, 0.15) is 16.9 Å². The second kappa shape index (κ2) is 7.79. The molecule has 0 aliphatic carbocycles. The van der Waals surface area contributed by atoms with Crippen molar-refractivity contribution in [3.05, 3.63) is 46.4 Å². The van der Waals surface area contributed by atoms with Crippen LogP contribution in [0.5, 0.6) is 5.75 Å². The summed E-state index contributed by atoms with van der Waals surface area (Å²) in [5.74, 6) is 0.802. The van der Waals surface area contributed by atoms with Crippen LogP contribution in [-0.4, -0.2) is 23.7 Å². The molecular weight excluding hydrogens is 298 g/mol. The Morgan fingerprint density at radius 2 is 2.05 bits per heavy atom. The zero-order chi connectivity index (χ0) is 15.9. The van der Waals surface area contributed by atoms with Gasteiger partial charge in [0.25, 0.3) is 0 Å². The van der Waals surface area contributed by atoms with E-state index in [2.05, 4.69) is 15.6 Å². The number of carbonyl (C=O) groups excluding carboxylic acids is 1. The molecule has 1 aromatic heterocycles. The SMILES string of the molecule is Cc1ccc(O[C@H](C)CNC(=O)N[C@H](C)c2nccs2)cc1. The number of ether oxygens (including phenoxy) is 1. The lowest BCUT2D eigenvalue weighted by atomic mass is 10.2. The maximum absolute atomic E-state index is 11.8. The van der Waals surface area contributed by atoms with Crippen molar-refractivity contribution in [2.45, 2.75) is 32.9 Å². The smallest absolute Gasteiger partial charge is 0.315 e. The minimum Gasteiger partial charge on any atom is -0.489 e. The van der Waals surface area contributed by atoms with Crippen LogP contribution in [0.25, 0.3) is 0 Å². The summed E-state index contributed by atoms with van der Waals surface area (Å²) in [4.78, 5) is 16.0. The van der Waals surface area contributed by atoms with Gasteiger partial charge in [-0.15, -0.1) is 11.3 Å². The number of aromatic nitrogens is 1. The van der Waals surface area contributed by atoms with Crippen LogP contribution in [0.1, 0.15) is 30.5 Å². The average Bonchev–Trinajstić information content (AvgIpc) is 3.02. The summed E-state index contributed by atoms with van der Waals surface area (Å²) in [6, 6.07) is 7.53. The lowest BCUT2D eigenvalue weighted by molar-refractivity contribution is 0.206. The van der Waals surface area contributed by atoms with Crippen molar-refractivity contribution in [3.63, 3.8) is 0 Å². The number of aryl methyl sites for hydroxylation is 1. The highest BCUT2D eigenvalue weighted by atomic mass is 32.1. The molecule has 1 aromatic carbocycles. The van der Waals surface area contributed by atoms with E-state index >= 15 is 0 Å². The van der Waals surface area contributed by atoms with Gasteiger partial charge in [0, 0.05) is 11.6 Å². The van der Waals surface area contributed by atoms with E-state index in [9.17, 15) is 4.79 Å². The Hall–Kier alpha value is -2.08. The summed E-state index contributed by atoms with van der Waals surface area (Å²) in [7, 11) is 0. The van der Waals surface area contributed by atoms with Crippen LogP contribution in [0, 0.1) is 6.92 Å². The molecule has 2 aromatic rings. The summed E-state index contributed by atoms with van der Waals surface area (Å²) in [6.07, 6.45) is 1.62. The van der Waals surface area contributed by atoms with E-state index in [4.69, 9.17) is 4.74 Å². The molecule has 2 rings (SSSR count). The van der Waals surface area contributed by atoms with E-state index < -0.39 is 0 Å². The van der Waals surface area contributed by atoms with Gasteiger partial charge in [-0.2, -0.15) is 0 Å². The number of urea groups is 1. The molecule has 5 nitrogen and oxygen atoms in total. The number of nitrogens with zero attached hydrogens (tertiary/aromatic N) is 1. The van der Waals surface area contributed by atoms with Crippen LogP contribution in [0.2, 0.25) is 0 Å². The number of rotatable bonds is 6. The van der Waals surface area contributed by atoms with E-state index in [1.807, 2.05) is 50.4 Å². The summed E-state index contributed by atoms with van der Waals surface area (Å²) < 4.78 is 5.74. The highest BCUT2D eigenvalue weighted by Gasteiger charge is 2.12. The highest BCUT2D eigenvalue weighted by Crippen LogP contribution is 2.14. The fourth-order valence-electron chi connectivity index (χ4n) is 1.88. The fourth-order valence-corrected chi connectivity index (χ4v) is 2.53. The second-order valence-electron chi connectivity index (χ2n) is 5.19. The van der Waals surface area contributed by atoms with Crippen molar-refractivity contribution in [1.82, 2.24) is 15.6 Å². The minimum atomic E-state index is -0.220. The fraction of sp³-hybridized carbons (Fsp3) is 0.375. The predicted molar refractivity (Wildman–Crippen MR) is 88.3 cm³/mol. The number of carbonyl (C=O) groups is 1. The number of hydrogen-bond acceptors (Lipinski definition) is 4. The lowest BCUT2D eigenvalue weighted by Gasteiger charge is -2.17. The first-order valence-electron chi connectivity index (χ1n) is 7.21. The molecule has 0 unspecified atom stereocenters. The molecule has 0 bridgehead atoms. The van der Waals surface area contributed by atoms with Gasteiger partial charge in [-0.3, -0.25) is 0 Å². The van der Waals surface area contributed by atoms with Gasteiger partial charge in [-0.25, -0.2) is 9.78 Å². The Balaban J connectivity index is 1.72. The van der Waals surface area contributed by atoms with Gasteiger partial charge < -0.3 is 15.4 Å². The zero-order valence-corrected chi connectivity index (χ0v) is 13.8. The summed E-state index contributed by atoms with van der Waals surface area (Å²) in [5, 5.41) is 8.44. The molecule has 0 aliphatic rings. The Labute approximate surface area is 134 Å². The Kier molecular flexibility index (Phi) is 5.77. The van der Waals surface area contributed by atoms with Crippen molar-refractivity contribution in [2.75, 3.05) is 6.54 Å². The van der Waals surface area contributed by atoms with E-state index in [1.54, 1.807) is 6.20 Å². The van der Waals surface area contributed by atoms with E-state index in [-0.39, 0.29) is 18.2 Å².